The van der Waals surface area contributed by atoms with E-state index in [0.29, 0.717) is 0 Å². The first-order valence-electron chi connectivity index (χ1n) is 16.4. The van der Waals surface area contributed by atoms with Crippen molar-refractivity contribution in [3.63, 3.8) is 0 Å². The van der Waals surface area contributed by atoms with Crippen LogP contribution in [0.3, 0.4) is 0 Å². The van der Waals surface area contributed by atoms with Gasteiger partial charge in [0.1, 0.15) is 0 Å². The maximum absolute atomic E-state index is 3.71. The molecular weight excluding hydrogens is 569 g/mol. The van der Waals surface area contributed by atoms with Gasteiger partial charge in [0.25, 0.3) is 0 Å². The van der Waals surface area contributed by atoms with Crippen molar-refractivity contribution in [2.75, 3.05) is 4.90 Å². The second kappa shape index (κ2) is 10.6. The Labute approximate surface area is 275 Å². The number of para-hydroxylation sites is 3. The number of nitrogens with one attached hydrogen (secondary N) is 1. The SMILES string of the molecule is CC1(C)c2cc(-c3cccc4c3[nH]c3ccccc34)ccc2-c2ccc(N(c3ccccc3)c3ccc(-c4ccccc4)cc3)cc21. The number of rotatable bonds is 5. The van der Waals surface area contributed by atoms with Gasteiger partial charge >= 0.3 is 0 Å². The van der Waals surface area contributed by atoms with Gasteiger partial charge in [-0.3, -0.25) is 0 Å². The molecule has 0 amide bonds. The maximum Gasteiger partial charge on any atom is 0.0544 e. The van der Waals surface area contributed by atoms with E-state index in [1.165, 1.54) is 66.3 Å². The van der Waals surface area contributed by atoms with Gasteiger partial charge in [0.2, 0.25) is 0 Å². The standard InChI is InChI=1S/C45H34N2/c1-45(2)41-28-32(36-17-11-18-40-39-16-9-10-19-43(39)46-44(36)40)22-26-37(41)38-27-25-35(29-42(38)45)47(33-14-7-4-8-15-33)34-23-20-31(21-24-34)30-12-5-3-6-13-30/h3-29,46H,1-2H3. The second-order valence-corrected chi connectivity index (χ2v) is 13.1. The lowest BCUT2D eigenvalue weighted by molar-refractivity contribution is 0.660. The van der Waals surface area contributed by atoms with Crippen molar-refractivity contribution in [1.82, 2.24) is 4.98 Å². The molecule has 0 bridgehead atoms. The van der Waals surface area contributed by atoms with Crippen molar-refractivity contribution in [2.45, 2.75) is 19.3 Å². The van der Waals surface area contributed by atoms with Crippen LogP contribution in [0.5, 0.6) is 0 Å². The number of hydrogen-bond donors (Lipinski definition) is 1. The highest BCUT2D eigenvalue weighted by Gasteiger charge is 2.36. The number of hydrogen-bond acceptors (Lipinski definition) is 1. The van der Waals surface area contributed by atoms with Crippen molar-refractivity contribution in [3.8, 4) is 33.4 Å². The van der Waals surface area contributed by atoms with E-state index in [1.54, 1.807) is 0 Å². The summed E-state index contributed by atoms with van der Waals surface area (Å²) in [7, 11) is 0. The third-order valence-corrected chi connectivity index (χ3v) is 10.0. The summed E-state index contributed by atoms with van der Waals surface area (Å²) in [5.41, 5.74) is 15.9. The maximum atomic E-state index is 3.71. The molecule has 7 aromatic carbocycles. The molecule has 224 valence electrons. The van der Waals surface area contributed by atoms with Crippen LogP contribution in [-0.4, -0.2) is 4.98 Å². The highest BCUT2D eigenvalue weighted by atomic mass is 15.1. The number of aromatic nitrogens is 1. The summed E-state index contributed by atoms with van der Waals surface area (Å²) in [6, 6.07) is 59.5. The molecule has 2 heteroatoms. The van der Waals surface area contributed by atoms with Crippen LogP contribution in [-0.2, 0) is 5.41 Å². The van der Waals surface area contributed by atoms with Gasteiger partial charge in [-0.1, -0.05) is 129 Å². The summed E-state index contributed by atoms with van der Waals surface area (Å²) in [6.07, 6.45) is 0. The molecule has 1 aliphatic carbocycles. The molecule has 0 aliphatic heterocycles. The average molecular weight is 603 g/mol. The smallest absolute Gasteiger partial charge is 0.0544 e. The first-order valence-corrected chi connectivity index (χ1v) is 16.4. The number of nitrogens with zero attached hydrogens (tertiary/aromatic N) is 1. The normalized spacial score (nSPS) is 13.1. The van der Waals surface area contributed by atoms with Crippen LogP contribution < -0.4 is 4.90 Å². The van der Waals surface area contributed by atoms with Gasteiger partial charge in [-0.15, -0.1) is 0 Å². The minimum atomic E-state index is -0.162. The third-order valence-electron chi connectivity index (χ3n) is 10.0. The molecule has 2 nitrogen and oxygen atoms in total. The minimum absolute atomic E-state index is 0.162. The largest absolute Gasteiger partial charge is 0.354 e. The molecular formula is C45H34N2. The molecule has 47 heavy (non-hydrogen) atoms. The summed E-state index contributed by atoms with van der Waals surface area (Å²) in [5.74, 6) is 0. The number of fused-ring (bicyclic) bond motifs is 6. The summed E-state index contributed by atoms with van der Waals surface area (Å²) < 4.78 is 0. The van der Waals surface area contributed by atoms with Crippen LogP contribution in [0.2, 0.25) is 0 Å². The molecule has 0 atom stereocenters. The average Bonchev–Trinajstić information content (AvgIpc) is 3.61. The van der Waals surface area contributed by atoms with Gasteiger partial charge in [0.05, 0.1) is 5.52 Å². The molecule has 9 rings (SSSR count). The molecule has 0 saturated carbocycles. The van der Waals surface area contributed by atoms with E-state index in [9.17, 15) is 0 Å². The van der Waals surface area contributed by atoms with Gasteiger partial charge in [0.15, 0.2) is 0 Å². The summed E-state index contributed by atoms with van der Waals surface area (Å²) in [6.45, 7) is 4.74. The number of aromatic amines is 1. The Kier molecular flexibility index (Phi) is 6.20. The predicted molar refractivity (Wildman–Crippen MR) is 199 cm³/mol. The van der Waals surface area contributed by atoms with E-state index in [1.807, 2.05) is 0 Å². The van der Waals surface area contributed by atoms with Gasteiger partial charge in [-0.05, 0) is 87.5 Å². The van der Waals surface area contributed by atoms with Gasteiger partial charge < -0.3 is 9.88 Å². The van der Waals surface area contributed by atoms with Crippen LogP contribution >= 0.6 is 0 Å². The van der Waals surface area contributed by atoms with E-state index < -0.39 is 0 Å². The Morgan fingerprint density at radius 2 is 1.00 bits per heavy atom. The molecule has 0 radical (unpaired) electrons. The number of anilines is 3. The van der Waals surface area contributed by atoms with Gasteiger partial charge in [0, 0.05) is 44.3 Å². The minimum Gasteiger partial charge on any atom is -0.354 e. The Balaban J connectivity index is 1.13. The molecule has 0 unspecified atom stereocenters. The lowest BCUT2D eigenvalue weighted by Gasteiger charge is -2.28. The zero-order valence-corrected chi connectivity index (χ0v) is 26.5. The van der Waals surface area contributed by atoms with Crippen LogP contribution in [0.4, 0.5) is 17.1 Å². The van der Waals surface area contributed by atoms with Gasteiger partial charge in [-0.2, -0.15) is 0 Å². The quantitative estimate of drug-likeness (QED) is 0.208. The molecule has 1 N–H and O–H groups in total. The molecule has 0 saturated heterocycles. The predicted octanol–water partition coefficient (Wildman–Crippen LogP) is 12.4. The third kappa shape index (κ3) is 4.40. The number of benzene rings is 7. The van der Waals surface area contributed by atoms with Crippen molar-refractivity contribution < 1.29 is 0 Å². The topological polar surface area (TPSA) is 19.0 Å². The Morgan fingerprint density at radius 3 is 1.79 bits per heavy atom. The molecule has 0 fully saturated rings. The van der Waals surface area contributed by atoms with Crippen LogP contribution in [0.1, 0.15) is 25.0 Å². The monoisotopic (exact) mass is 602 g/mol. The van der Waals surface area contributed by atoms with E-state index in [-0.39, 0.29) is 5.41 Å². The van der Waals surface area contributed by atoms with Crippen molar-refractivity contribution in [2.24, 2.45) is 0 Å². The Bertz CT molecular complexity index is 2420. The van der Waals surface area contributed by atoms with E-state index >= 15 is 0 Å². The molecule has 1 aromatic heterocycles. The van der Waals surface area contributed by atoms with Crippen LogP contribution in [0, 0.1) is 0 Å². The number of H-pyrrole nitrogens is 1. The van der Waals surface area contributed by atoms with Crippen molar-refractivity contribution in [3.05, 3.63) is 175 Å². The highest BCUT2D eigenvalue weighted by Crippen LogP contribution is 2.52. The van der Waals surface area contributed by atoms with Crippen LogP contribution in [0.25, 0.3) is 55.2 Å². The zero-order chi connectivity index (χ0) is 31.5. The zero-order valence-electron chi connectivity index (χ0n) is 26.5. The van der Waals surface area contributed by atoms with E-state index in [2.05, 4.69) is 188 Å². The summed E-state index contributed by atoms with van der Waals surface area (Å²) >= 11 is 0. The van der Waals surface area contributed by atoms with Crippen molar-refractivity contribution in [1.29, 1.82) is 0 Å². The second-order valence-electron chi connectivity index (χ2n) is 13.1. The molecule has 1 heterocycles. The lowest BCUT2D eigenvalue weighted by Crippen LogP contribution is -2.16. The van der Waals surface area contributed by atoms with E-state index in [0.717, 1.165) is 17.1 Å². The Hall–Kier alpha value is -5.86. The molecule has 0 spiro atoms. The fraction of sp³-hybridized carbons (Fsp3) is 0.0667. The first kappa shape index (κ1) is 27.5. The summed E-state index contributed by atoms with van der Waals surface area (Å²) in [4.78, 5) is 6.08. The highest BCUT2D eigenvalue weighted by molar-refractivity contribution is 6.12. The molecule has 1 aliphatic rings. The Morgan fingerprint density at radius 1 is 0.426 bits per heavy atom. The first-order chi connectivity index (χ1) is 23.1. The van der Waals surface area contributed by atoms with Crippen molar-refractivity contribution >= 4 is 38.9 Å². The van der Waals surface area contributed by atoms with E-state index in [4.69, 9.17) is 0 Å². The lowest BCUT2D eigenvalue weighted by atomic mass is 9.81. The molecule has 8 aromatic rings. The van der Waals surface area contributed by atoms with Gasteiger partial charge in [-0.25, -0.2) is 0 Å². The fourth-order valence-corrected chi connectivity index (χ4v) is 7.60. The fourth-order valence-electron chi connectivity index (χ4n) is 7.60. The summed E-state index contributed by atoms with van der Waals surface area (Å²) in [5, 5.41) is 2.53. The van der Waals surface area contributed by atoms with Crippen LogP contribution in [0.15, 0.2) is 164 Å².